The second kappa shape index (κ2) is 8.70. The van der Waals surface area contributed by atoms with Gasteiger partial charge in [0, 0.05) is 51.6 Å². The van der Waals surface area contributed by atoms with Gasteiger partial charge in [-0.25, -0.2) is 0 Å². The van der Waals surface area contributed by atoms with Crippen LogP contribution in [-0.2, 0) is 9.53 Å². The zero-order valence-corrected chi connectivity index (χ0v) is 16.6. The molecule has 1 aromatic rings. The summed E-state index contributed by atoms with van der Waals surface area (Å²) in [6.45, 7) is 2.80. The molecule has 0 aromatic carbocycles. The Balaban J connectivity index is 1.30. The first-order chi connectivity index (χ1) is 13.3. The normalized spacial score (nSPS) is 28.1. The van der Waals surface area contributed by atoms with E-state index in [0.29, 0.717) is 23.9 Å². The lowest BCUT2D eigenvalue weighted by Crippen LogP contribution is -2.60. The monoisotopic (exact) mass is 371 g/mol. The van der Waals surface area contributed by atoms with Crippen LogP contribution in [0.5, 0.6) is 0 Å². The summed E-state index contributed by atoms with van der Waals surface area (Å²) >= 11 is 0. The number of ether oxygens (including phenoxy) is 1. The van der Waals surface area contributed by atoms with Crippen LogP contribution in [0.15, 0.2) is 24.5 Å². The van der Waals surface area contributed by atoms with E-state index >= 15 is 0 Å². The minimum Gasteiger partial charge on any atom is -0.378 e. The molecule has 1 aromatic heterocycles. The van der Waals surface area contributed by atoms with E-state index < -0.39 is 0 Å². The van der Waals surface area contributed by atoms with Crippen molar-refractivity contribution in [3.05, 3.63) is 30.1 Å². The highest BCUT2D eigenvalue weighted by atomic mass is 16.5. The van der Waals surface area contributed by atoms with Crippen LogP contribution in [0.4, 0.5) is 0 Å². The number of aromatic nitrogens is 1. The lowest BCUT2D eigenvalue weighted by Gasteiger charge is -2.53. The summed E-state index contributed by atoms with van der Waals surface area (Å²) in [4.78, 5) is 21.7. The molecule has 0 N–H and O–H groups in total. The zero-order valence-electron chi connectivity index (χ0n) is 16.6. The number of nitrogens with zero attached hydrogens (tertiary/aromatic N) is 3. The Morgan fingerprint density at radius 2 is 1.96 bits per heavy atom. The number of amides is 1. The molecule has 0 unspecified atom stereocenters. The van der Waals surface area contributed by atoms with Gasteiger partial charge in [-0.05, 0) is 43.2 Å². The van der Waals surface area contributed by atoms with Gasteiger partial charge in [-0.2, -0.15) is 0 Å². The first-order valence-electron chi connectivity index (χ1n) is 10.7. The maximum Gasteiger partial charge on any atom is 0.222 e. The van der Waals surface area contributed by atoms with Crippen LogP contribution in [0.1, 0.15) is 63.0 Å². The number of hydrogen-bond acceptors (Lipinski definition) is 4. The Labute approximate surface area is 163 Å². The molecule has 2 atom stereocenters. The fourth-order valence-electron chi connectivity index (χ4n) is 5.25. The molecular formula is C22H33N3O2. The van der Waals surface area contributed by atoms with Crippen LogP contribution in [0.2, 0.25) is 0 Å². The van der Waals surface area contributed by atoms with Crippen LogP contribution in [0, 0.1) is 5.92 Å². The van der Waals surface area contributed by atoms with Gasteiger partial charge in [0.25, 0.3) is 0 Å². The number of hydrogen-bond donors (Lipinski definition) is 0. The highest BCUT2D eigenvalue weighted by molar-refractivity contribution is 5.76. The summed E-state index contributed by atoms with van der Waals surface area (Å²) in [6, 6.07) is 5.00. The first kappa shape index (κ1) is 18.9. The van der Waals surface area contributed by atoms with Crippen molar-refractivity contribution in [2.75, 3.05) is 26.7 Å². The molecule has 3 fully saturated rings. The van der Waals surface area contributed by atoms with E-state index in [1.807, 2.05) is 18.5 Å². The molecule has 5 nitrogen and oxygen atoms in total. The smallest absolute Gasteiger partial charge is 0.222 e. The van der Waals surface area contributed by atoms with Gasteiger partial charge in [-0.1, -0.05) is 25.3 Å². The molecule has 4 rings (SSSR count). The van der Waals surface area contributed by atoms with Crippen molar-refractivity contribution in [2.24, 2.45) is 5.92 Å². The summed E-state index contributed by atoms with van der Waals surface area (Å²) < 4.78 is 5.68. The van der Waals surface area contributed by atoms with E-state index in [1.54, 1.807) is 7.11 Å². The second-order valence-electron chi connectivity index (χ2n) is 8.52. The third kappa shape index (κ3) is 4.19. The van der Waals surface area contributed by atoms with Crippen molar-refractivity contribution in [3.63, 3.8) is 0 Å². The van der Waals surface area contributed by atoms with E-state index in [4.69, 9.17) is 4.74 Å². The van der Waals surface area contributed by atoms with Crippen molar-refractivity contribution in [1.29, 1.82) is 0 Å². The van der Waals surface area contributed by atoms with Crippen molar-refractivity contribution < 1.29 is 9.53 Å². The molecule has 3 aliphatic rings. The lowest BCUT2D eigenvalue weighted by atomic mass is 9.86. The van der Waals surface area contributed by atoms with Gasteiger partial charge in [0.05, 0.1) is 12.1 Å². The topological polar surface area (TPSA) is 45.7 Å². The third-order valence-corrected chi connectivity index (χ3v) is 6.90. The van der Waals surface area contributed by atoms with Crippen LogP contribution in [-0.4, -0.2) is 59.6 Å². The molecule has 27 heavy (non-hydrogen) atoms. The lowest BCUT2D eigenvalue weighted by molar-refractivity contribution is -0.138. The van der Waals surface area contributed by atoms with Crippen LogP contribution in [0.25, 0.3) is 0 Å². The Morgan fingerprint density at radius 3 is 2.63 bits per heavy atom. The molecule has 1 amide bonds. The predicted octanol–water partition coefficient (Wildman–Crippen LogP) is 3.41. The van der Waals surface area contributed by atoms with Gasteiger partial charge in [0.15, 0.2) is 0 Å². The number of piperidine rings is 1. The second-order valence-corrected chi connectivity index (χ2v) is 8.52. The average molecular weight is 372 g/mol. The van der Waals surface area contributed by atoms with E-state index in [-0.39, 0.29) is 6.10 Å². The Morgan fingerprint density at radius 1 is 1.19 bits per heavy atom. The first-order valence-corrected chi connectivity index (χ1v) is 10.7. The van der Waals surface area contributed by atoms with E-state index in [9.17, 15) is 4.79 Å². The molecule has 2 saturated heterocycles. The number of methoxy groups -OCH3 is 1. The Kier molecular flexibility index (Phi) is 6.08. The molecule has 2 aliphatic heterocycles. The standard InChI is InChI=1S/C22H33N3O2/c1-27-20-16-25(22(20)18-8-5-11-23-15-18)19-9-12-24(13-10-19)21(26)14-17-6-3-2-4-7-17/h5,8,11,15,17,19-20,22H,2-4,6-7,9-10,12-14,16H2,1H3/t20-,22-/m0/s1. The highest BCUT2D eigenvalue weighted by Gasteiger charge is 2.44. The molecule has 5 heteroatoms. The Hall–Kier alpha value is -1.46. The fourth-order valence-corrected chi connectivity index (χ4v) is 5.25. The van der Waals surface area contributed by atoms with Crippen LogP contribution >= 0.6 is 0 Å². The molecule has 0 radical (unpaired) electrons. The van der Waals surface area contributed by atoms with Gasteiger partial charge in [0.1, 0.15) is 0 Å². The summed E-state index contributed by atoms with van der Waals surface area (Å²) in [7, 11) is 1.80. The van der Waals surface area contributed by atoms with E-state index in [2.05, 4.69) is 20.9 Å². The molecule has 1 saturated carbocycles. The number of pyridine rings is 1. The van der Waals surface area contributed by atoms with Crippen molar-refractivity contribution in [1.82, 2.24) is 14.8 Å². The van der Waals surface area contributed by atoms with Crippen LogP contribution in [0.3, 0.4) is 0 Å². The summed E-state index contributed by atoms with van der Waals surface area (Å²) in [5, 5.41) is 0. The highest BCUT2D eigenvalue weighted by Crippen LogP contribution is 2.39. The molecule has 3 heterocycles. The van der Waals surface area contributed by atoms with Gasteiger partial charge < -0.3 is 9.64 Å². The molecule has 1 aliphatic carbocycles. The van der Waals surface area contributed by atoms with Gasteiger partial charge in [-0.3, -0.25) is 14.7 Å². The van der Waals surface area contributed by atoms with Crippen LogP contribution < -0.4 is 0 Å². The van der Waals surface area contributed by atoms with Gasteiger partial charge in [-0.15, -0.1) is 0 Å². The maximum atomic E-state index is 12.7. The zero-order chi connectivity index (χ0) is 18.6. The summed E-state index contributed by atoms with van der Waals surface area (Å²) in [5.41, 5.74) is 1.24. The van der Waals surface area contributed by atoms with Crippen molar-refractivity contribution in [3.8, 4) is 0 Å². The molecular weight excluding hydrogens is 338 g/mol. The largest absolute Gasteiger partial charge is 0.378 e. The van der Waals surface area contributed by atoms with Gasteiger partial charge in [0.2, 0.25) is 5.91 Å². The number of carbonyl (C=O) groups excluding carboxylic acids is 1. The summed E-state index contributed by atoms with van der Waals surface area (Å²) in [5.74, 6) is 1.03. The molecule has 0 bridgehead atoms. The van der Waals surface area contributed by atoms with Crippen molar-refractivity contribution >= 4 is 5.91 Å². The molecule has 148 valence electrons. The minimum atomic E-state index is 0.250. The average Bonchev–Trinajstić information content (AvgIpc) is 2.70. The summed E-state index contributed by atoms with van der Waals surface area (Å²) in [6.07, 6.45) is 13.4. The SMILES string of the molecule is CO[C@H]1CN(C2CCN(C(=O)CC3CCCCC3)CC2)[C@H]1c1cccnc1. The van der Waals surface area contributed by atoms with Crippen molar-refractivity contribution in [2.45, 2.75) is 69.6 Å². The predicted molar refractivity (Wildman–Crippen MR) is 105 cm³/mol. The molecule has 0 spiro atoms. The number of carbonyl (C=O) groups is 1. The third-order valence-electron chi connectivity index (χ3n) is 6.90. The van der Waals surface area contributed by atoms with E-state index in [0.717, 1.165) is 38.9 Å². The maximum absolute atomic E-state index is 12.7. The fraction of sp³-hybridized carbons (Fsp3) is 0.727. The van der Waals surface area contributed by atoms with E-state index in [1.165, 1.54) is 37.7 Å². The number of rotatable bonds is 5. The quantitative estimate of drug-likeness (QED) is 0.796. The number of likely N-dealkylation sites (tertiary alicyclic amines) is 2. The minimum absolute atomic E-state index is 0.250. The Bertz CT molecular complexity index is 609. The van der Waals surface area contributed by atoms with Gasteiger partial charge >= 0.3 is 0 Å².